The van der Waals surface area contributed by atoms with E-state index < -0.39 is 0 Å². The first-order valence-electron chi connectivity index (χ1n) is 6.66. The largest absolute Gasteiger partial charge is 0.497 e. The molecule has 2 rings (SSSR count). The highest BCUT2D eigenvalue weighted by Gasteiger charge is 2.05. The van der Waals surface area contributed by atoms with E-state index in [0.717, 1.165) is 22.6 Å². The first-order valence-corrected chi connectivity index (χ1v) is 6.66. The number of ether oxygens (including phenoxy) is 1. The number of hydrazone groups is 1. The molecule has 0 atom stereocenters. The molecule has 0 bridgehead atoms. The van der Waals surface area contributed by atoms with Gasteiger partial charge < -0.3 is 4.74 Å². The van der Waals surface area contributed by atoms with Gasteiger partial charge in [0.15, 0.2) is 0 Å². The van der Waals surface area contributed by atoms with Crippen molar-refractivity contribution < 1.29 is 9.53 Å². The normalized spacial score (nSPS) is 11.1. The number of benzene rings is 2. The second-order valence-corrected chi connectivity index (χ2v) is 4.74. The van der Waals surface area contributed by atoms with Crippen molar-refractivity contribution in [3.8, 4) is 5.75 Å². The first-order chi connectivity index (χ1) is 10.1. The van der Waals surface area contributed by atoms with Crippen LogP contribution in [0.3, 0.4) is 0 Å². The van der Waals surface area contributed by atoms with E-state index in [1.807, 2.05) is 56.3 Å². The Hall–Kier alpha value is -2.62. The molecule has 0 radical (unpaired) electrons. The quantitative estimate of drug-likeness (QED) is 0.691. The minimum atomic E-state index is -0.216. The van der Waals surface area contributed by atoms with Crippen molar-refractivity contribution >= 4 is 11.6 Å². The average Bonchev–Trinajstić information content (AvgIpc) is 2.52. The molecular weight excluding hydrogens is 264 g/mol. The molecule has 0 fully saturated rings. The molecule has 0 aliphatic rings. The van der Waals surface area contributed by atoms with Crippen LogP contribution in [0.2, 0.25) is 0 Å². The number of rotatable bonds is 4. The van der Waals surface area contributed by atoms with Crippen molar-refractivity contribution in [3.05, 3.63) is 65.2 Å². The van der Waals surface area contributed by atoms with Gasteiger partial charge in [-0.1, -0.05) is 17.7 Å². The van der Waals surface area contributed by atoms with Gasteiger partial charge in [0.05, 0.1) is 12.8 Å². The molecule has 0 heterocycles. The van der Waals surface area contributed by atoms with Gasteiger partial charge in [0, 0.05) is 5.56 Å². The lowest BCUT2D eigenvalue weighted by atomic mass is 10.1. The molecule has 0 aliphatic heterocycles. The topological polar surface area (TPSA) is 50.7 Å². The van der Waals surface area contributed by atoms with Gasteiger partial charge in [-0.2, -0.15) is 5.10 Å². The van der Waals surface area contributed by atoms with Crippen molar-refractivity contribution in [2.75, 3.05) is 7.11 Å². The van der Waals surface area contributed by atoms with Crippen LogP contribution in [0.15, 0.2) is 53.6 Å². The van der Waals surface area contributed by atoms with Crippen molar-refractivity contribution in [2.45, 2.75) is 13.8 Å². The van der Waals surface area contributed by atoms with E-state index in [4.69, 9.17) is 4.74 Å². The predicted octanol–water partition coefficient (Wildman–Crippen LogP) is 3.16. The van der Waals surface area contributed by atoms with E-state index >= 15 is 0 Å². The van der Waals surface area contributed by atoms with Crippen molar-refractivity contribution in [3.63, 3.8) is 0 Å². The van der Waals surface area contributed by atoms with Crippen LogP contribution < -0.4 is 10.2 Å². The number of aryl methyl sites for hydroxylation is 1. The summed E-state index contributed by atoms with van der Waals surface area (Å²) in [7, 11) is 1.62. The molecule has 0 aromatic heterocycles. The van der Waals surface area contributed by atoms with Crippen LogP contribution in [-0.4, -0.2) is 18.7 Å². The second-order valence-electron chi connectivity index (χ2n) is 4.74. The highest BCUT2D eigenvalue weighted by Crippen LogP contribution is 2.12. The highest BCUT2D eigenvalue weighted by atomic mass is 16.5. The molecule has 0 saturated carbocycles. The molecular formula is C17H18N2O2. The SMILES string of the molecule is COc1ccc(/C(C)=N/NC(=O)c2cccc(C)c2)cc1. The van der Waals surface area contributed by atoms with Gasteiger partial charge in [-0.25, -0.2) is 5.43 Å². The third-order valence-corrected chi connectivity index (χ3v) is 3.11. The summed E-state index contributed by atoms with van der Waals surface area (Å²) >= 11 is 0. The summed E-state index contributed by atoms with van der Waals surface area (Å²) < 4.78 is 5.11. The van der Waals surface area contributed by atoms with Crippen LogP contribution in [-0.2, 0) is 0 Å². The number of hydrogen-bond acceptors (Lipinski definition) is 3. The number of carbonyl (C=O) groups is 1. The Morgan fingerprint density at radius 3 is 2.43 bits per heavy atom. The van der Waals surface area contributed by atoms with E-state index in [-0.39, 0.29) is 5.91 Å². The molecule has 108 valence electrons. The second kappa shape index (κ2) is 6.70. The highest BCUT2D eigenvalue weighted by molar-refractivity contribution is 6.00. The van der Waals surface area contributed by atoms with Gasteiger partial charge in [-0.05, 0) is 55.8 Å². The van der Waals surface area contributed by atoms with Crippen LogP contribution >= 0.6 is 0 Å². The van der Waals surface area contributed by atoms with Crippen molar-refractivity contribution in [1.82, 2.24) is 5.43 Å². The summed E-state index contributed by atoms with van der Waals surface area (Å²) in [6.07, 6.45) is 0. The maximum Gasteiger partial charge on any atom is 0.271 e. The van der Waals surface area contributed by atoms with E-state index in [1.165, 1.54) is 0 Å². The number of nitrogens with one attached hydrogen (secondary N) is 1. The lowest BCUT2D eigenvalue weighted by Crippen LogP contribution is -2.19. The Bertz CT molecular complexity index is 661. The minimum Gasteiger partial charge on any atom is -0.497 e. The van der Waals surface area contributed by atoms with Crippen LogP contribution in [0.5, 0.6) is 5.75 Å². The molecule has 0 aliphatic carbocycles. The van der Waals surface area contributed by atoms with Crippen LogP contribution in [0.25, 0.3) is 0 Å². The molecule has 2 aromatic rings. The number of amides is 1. The Morgan fingerprint density at radius 2 is 1.81 bits per heavy atom. The van der Waals surface area contributed by atoms with Gasteiger partial charge in [0.25, 0.3) is 5.91 Å². The molecule has 0 saturated heterocycles. The molecule has 0 spiro atoms. The monoisotopic (exact) mass is 282 g/mol. The fraction of sp³-hybridized carbons (Fsp3) is 0.176. The summed E-state index contributed by atoms with van der Waals surface area (Å²) in [5.74, 6) is 0.571. The fourth-order valence-corrected chi connectivity index (χ4v) is 1.88. The summed E-state index contributed by atoms with van der Waals surface area (Å²) in [5, 5.41) is 4.13. The van der Waals surface area contributed by atoms with Crippen molar-refractivity contribution in [2.24, 2.45) is 5.10 Å². The van der Waals surface area contributed by atoms with E-state index in [0.29, 0.717) is 5.56 Å². The maximum atomic E-state index is 12.0. The predicted molar refractivity (Wildman–Crippen MR) is 83.9 cm³/mol. The summed E-state index contributed by atoms with van der Waals surface area (Å²) in [6.45, 7) is 3.79. The molecule has 2 aromatic carbocycles. The third kappa shape index (κ3) is 3.92. The summed E-state index contributed by atoms with van der Waals surface area (Å²) in [4.78, 5) is 12.0. The lowest BCUT2D eigenvalue weighted by Gasteiger charge is -2.05. The zero-order chi connectivity index (χ0) is 15.2. The van der Waals surface area contributed by atoms with E-state index in [9.17, 15) is 4.79 Å². The zero-order valence-electron chi connectivity index (χ0n) is 12.4. The molecule has 0 unspecified atom stereocenters. The molecule has 21 heavy (non-hydrogen) atoms. The first kappa shape index (κ1) is 14.8. The summed E-state index contributed by atoms with van der Waals surface area (Å²) in [6, 6.07) is 14.9. The van der Waals surface area contributed by atoms with Gasteiger partial charge in [-0.3, -0.25) is 4.79 Å². The van der Waals surface area contributed by atoms with E-state index in [1.54, 1.807) is 13.2 Å². The Labute approximate surface area is 124 Å². The average molecular weight is 282 g/mol. The van der Waals surface area contributed by atoms with E-state index in [2.05, 4.69) is 10.5 Å². The van der Waals surface area contributed by atoms with Crippen LogP contribution in [0.1, 0.15) is 28.4 Å². The molecule has 1 amide bonds. The van der Waals surface area contributed by atoms with Crippen LogP contribution in [0.4, 0.5) is 0 Å². The standard InChI is InChI=1S/C17H18N2O2/c1-12-5-4-6-15(11-12)17(20)19-18-13(2)14-7-9-16(21-3)10-8-14/h4-11H,1-3H3,(H,19,20)/b18-13+. The lowest BCUT2D eigenvalue weighted by molar-refractivity contribution is 0.0954. The maximum absolute atomic E-state index is 12.0. The number of methoxy groups -OCH3 is 1. The fourth-order valence-electron chi connectivity index (χ4n) is 1.88. The van der Waals surface area contributed by atoms with Gasteiger partial charge >= 0.3 is 0 Å². The number of carbonyl (C=O) groups excluding carboxylic acids is 1. The van der Waals surface area contributed by atoms with Crippen molar-refractivity contribution in [1.29, 1.82) is 0 Å². The Morgan fingerprint density at radius 1 is 1.10 bits per heavy atom. The smallest absolute Gasteiger partial charge is 0.271 e. The molecule has 1 N–H and O–H groups in total. The minimum absolute atomic E-state index is 0.216. The Kier molecular flexibility index (Phi) is 4.72. The van der Waals surface area contributed by atoms with Gasteiger partial charge in [0.2, 0.25) is 0 Å². The third-order valence-electron chi connectivity index (χ3n) is 3.11. The number of nitrogens with zero attached hydrogens (tertiary/aromatic N) is 1. The van der Waals surface area contributed by atoms with Crippen LogP contribution in [0, 0.1) is 6.92 Å². The zero-order valence-corrected chi connectivity index (χ0v) is 12.4. The van der Waals surface area contributed by atoms with Gasteiger partial charge in [-0.15, -0.1) is 0 Å². The Balaban J connectivity index is 2.07. The number of hydrogen-bond donors (Lipinski definition) is 1. The molecule has 4 nitrogen and oxygen atoms in total. The van der Waals surface area contributed by atoms with Gasteiger partial charge in [0.1, 0.15) is 5.75 Å². The molecule has 4 heteroatoms. The summed E-state index contributed by atoms with van der Waals surface area (Å²) in [5.41, 5.74) is 5.88.